The summed E-state index contributed by atoms with van der Waals surface area (Å²) in [5, 5.41) is 9.09. The summed E-state index contributed by atoms with van der Waals surface area (Å²) in [5.41, 5.74) is 1.67. The third-order valence-corrected chi connectivity index (χ3v) is 6.61. The quantitative estimate of drug-likeness (QED) is 0.287. The molecule has 5 rings (SSSR count). The van der Waals surface area contributed by atoms with Gasteiger partial charge in [-0.15, -0.1) is 13.2 Å². The van der Waals surface area contributed by atoms with Crippen LogP contribution in [0, 0.1) is 5.82 Å². The number of carbonyl (C=O) groups excluding carboxylic acids is 2. The van der Waals surface area contributed by atoms with E-state index >= 15 is 0 Å². The molecule has 1 atom stereocenters. The summed E-state index contributed by atoms with van der Waals surface area (Å²) in [7, 11) is 1.15. The molecule has 0 fully saturated rings. The third-order valence-electron chi connectivity index (χ3n) is 6.61. The minimum Gasteiger partial charge on any atom is -0.403 e. The minimum absolute atomic E-state index is 0.0867. The van der Waals surface area contributed by atoms with Crippen molar-refractivity contribution >= 4 is 11.8 Å². The number of carbonyl (C=O) groups is 2. The molecular formula is C27H20F7N7O3. The second-order valence-corrected chi connectivity index (χ2v) is 9.64. The molecule has 0 radical (unpaired) electrons. The number of benzene rings is 2. The van der Waals surface area contributed by atoms with Gasteiger partial charge in [-0.05, 0) is 47.7 Å². The molecule has 17 heteroatoms. The maximum atomic E-state index is 13.6. The maximum absolute atomic E-state index is 13.6. The number of nitrogens with zero attached hydrogens (tertiary/aromatic N) is 5. The van der Waals surface area contributed by atoms with Crippen LogP contribution in [0.2, 0.25) is 0 Å². The molecule has 44 heavy (non-hydrogen) atoms. The molecule has 2 amide bonds. The van der Waals surface area contributed by atoms with E-state index in [9.17, 15) is 40.3 Å². The lowest BCUT2D eigenvalue weighted by molar-refractivity contribution is -0.275. The number of aryl methyl sites for hydroxylation is 2. The number of hydrogen-bond donors (Lipinski definition) is 2. The summed E-state index contributed by atoms with van der Waals surface area (Å²) in [6, 6.07) is 8.28. The largest absolute Gasteiger partial charge is 0.573 e. The van der Waals surface area contributed by atoms with Crippen LogP contribution in [-0.2, 0) is 26.2 Å². The normalized spacial score (nSPS) is 14.7. The van der Waals surface area contributed by atoms with E-state index in [4.69, 9.17) is 0 Å². The van der Waals surface area contributed by atoms with Crippen LogP contribution in [-0.4, -0.2) is 42.9 Å². The van der Waals surface area contributed by atoms with Gasteiger partial charge in [-0.3, -0.25) is 9.59 Å². The van der Waals surface area contributed by atoms with Crippen LogP contribution in [0.15, 0.2) is 48.8 Å². The van der Waals surface area contributed by atoms with Gasteiger partial charge in [0.1, 0.15) is 17.7 Å². The van der Waals surface area contributed by atoms with E-state index < -0.39 is 47.8 Å². The Morgan fingerprint density at radius 2 is 1.73 bits per heavy atom. The van der Waals surface area contributed by atoms with Crippen LogP contribution in [0.4, 0.5) is 30.7 Å². The first kappa shape index (κ1) is 30.4. The van der Waals surface area contributed by atoms with Gasteiger partial charge in [-0.1, -0.05) is 18.2 Å². The van der Waals surface area contributed by atoms with Gasteiger partial charge in [0, 0.05) is 25.2 Å². The van der Waals surface area contributed by atoms with Crippen molar-refractivity contribution in [1.29, 1.82) is 0 Å². The summed E-state index contributed by atoms with van der Waals surface area (Å²) in [6.07, 6.45) is -7.77. The minimum atomic E-state index is -5.11. The Hall–Kier alpha value is -5.09. The summed E-state index contributed by atoms with van der Waals surface area (Å²) in [5.74, 6) is -4.91. The van der Waals surface area contributed by atoms with Crippen LogP contribution in [0.1, 0.15) is 56.0 Å². The number of rotatable bonds is 7. The van der Waals surface area contributed by atoms with E-state index in [1.54, 1.807) is 18.2 Å². The average Bonchev–Trinajstić information content (AvgIpc) is 3.55. The van der Waals surface area contributed by atoms with Crippen molar-refractivity contribution in [3.05, 3.63) is 88.5 Å². The fourth-order valence-electron chi connectivity index (χ4n) is 4.63. The molecule has 0 saturated heterocycles. The number of nitrogens with one attached hydrogen (secondary N) is 2. The molecule has 230 valence electrons. The molecule has 2 aromatic carbocycles. The number of amides is 2. The fraction of sp³-hybridized carbons (Fsp3) is 0.259. The van der Waals surface area contributed by atoms with Gasteiger partial charge in [0.15, 0.2) is 17.4 Å². The highest BCUT2D eigenvalue weighted by Gasteiger charge is 2.37. The zero-order chi connectivity index (χ0) is 31.8. The zero-order valence-corrected chi connectivity index (χ0v) is 22.4. The summed E-state index contributed by atoms with van der Waals surface area (Å²) >= 11 is 0. The van der Waals surface area contributed by atoms with E-state index in [2.05, 4.69) is 35.4 Å². The highest BCUT2D eigenvalue weighted by molar-refractivity contribution is 5.97. The Labute approximate surface area is 243 Å². The first-order chi connectivity index (χ1) is 20.7. The third kappa shape index (κ3) is 6.76. The van der Waals surface area contributed by atoms with Crippen LogP contribution in [0.5, 0.6) is 5.75 Å². The number of hydrogen-bond acceptors (Lipinski definition) is 7. The van der Waals surface area contributed by atoms with Crippen molar-refractivity contribution in [1.82, 2.24) is 35.4 Å². The lowest BCUT2D eigenvalue weighted by Gasteiger charge is -2.14. The molecule has 1 aliphatic carbocycles. The lowest BCUT2D eigenvalue weighted by Crippen LogP contribution is -2.29. The molecule has 2 N–H and O–H groups in total. The molecular weight excluding hydrogens is 603 g/mol. The monoisotopic (exact) mass is 623 g/mol. The molecule has 0 aliphatic heterocycles. The summed E-state index contributed by atoms with van der Waals surface area (Å²) in [4.78, 5) is 36.9. The molecule has 10 nitrogen and oxygen atoms in total. The number of aromatic nitrogens is 5. The van der Waals surface area contributed by atoms with Crippen LogP contribution < -0.4 is 15.4 Å². The number of alkyl halides is 6. The molecule has 1 aliphatic rings. The highest BCUT2D eigenvalue weighted by Crippen LogP contribution is 2.35. The first-order valence-electron chi connectivity index (χ1n) is 12.7. The van der Waals surface area contributed by atoms with Crippen molar-refractivity contribution in [3.8, 4) is 17.1 Å². The molecule has 0 spiro atoms. The van der Waals surface area contributed by atoms with Gasteiger partial charge in [0.2, 0.25) is 5.82 Å². The van der Waals surface area contributed by atoms with Crippen molar-refractivity contribution < 1.29 is 45.1 Å². The Balaban J connectivity index is 1.23. The van der Waals surface area contributed by atoms with E-state index in [0.717, 1.165) is 48.8 Å². The van der Waals surface area contributed by atoms with Crippen LogP contribution in [0.25, 0.3) is 11.4 Å². The number of halogens is 7. The second kappa shape index (κ2) is 11.5. The van der Waals surface area contributed by atoms with Gasteiger partial charge in [-0.25, -0.2) is 24.0 Å². The van der Waals surface area contributed by atoms with Crippen molar-refractivity contribution in [2.24, 2.45) is 7.05 Å². The Kier molecular flexibility index (Phi) is 7.96. The summed E-state index contributed by atoms with van der Waals surface area (Å²) in [6.45, 7) is -0.300. The van der Waals surface area contributed by atoms with Gasteiger partial charge in [-0.2, -0.15) is 18.3 Å². The molecule has 2 aromatic heterocycles. The molecule has 4 aromatic rings. The highest BCUT2D eigenvalue weighted by atomic mass is 19.4. The Morgan fingerprint density at radius 1 is 1.00 bits per heavy atom. The number of ether oxygens (including phenoxy) is 1. The van der Waals surface area contributed by atoms with Crippen molar-refractivity contribution in [2.45, 2.75) is 38.0 Å². The van der Waals surface area contributed by atoms with E-state index in [-0.39, 0.29) is 29.3 Å². The van der Waals surface area contributed by atoms with E-state index in [1.165, 1.54) is 0 Å². The van der Waals surface area contributed by atoms with Gasteiger partial charge in [0.25, 0.3) is 11.8 Å². The SMILES string of the molecule is Cn1nc(-c2ccc3c(c2)CC[C@@H]3NC(=O)c2cc(C(=O)NCc3ccc(F)c(OC(F)(F)F)c3)ncn2)nc1C(F)(F)F. The predicted octanol–water partition coefficient (Wildman–Crippen LogP) is 4.68. The van der Waals surface area contributed by atoms with Gasteiger partial charge < -0.3 is 15.4 Å². The first-order valence-corrected chi connectivity index (χ1v) is 12.7. The molecule has 0 unspecified atom stereocenters. The predicted molar refractivity (Wildman–Crippen MR) is 136 cm³/mol. The Bertz CT molecular complexity index is 1740. The maximum Gasteiger partial charge on any atom is 0.573 e. The summed E-state index contributed by atoms with van der Waals surface area (Å²) < 4.78 is 94.7. The topological polar surface area (TPSA) is 124 Å². The van der Waals surface area contributed by atoms with Crippen molar-refractivity contribution in [2.75, 3.05) is 0 Å². The number of fused-ring (bicyclic) bond motifs is 1. The average molecular weight is 623 g/mol. The smallest absolute Gasteiger partial charge is 0.403 e. The van der Waals surface area contributed by atoms with Gasteiger partial charge >= 0.3 is 12.5 Å². The lowest BCUT2D eigenvalue weighted by atomic mass is 10.0. The van der Waals surface area contributed by atoms with Crippen molar-refractivity contribution in [3.63, 3.8) is 0 Å². The van der Waals surface area contributed by atoms with Crippen LogP contribution >= 0.6 is 0 Å². The second-order valence-electron chi connectivity index (χ2n) is 9.64. The van der Waals surface area contributed by atoms with E-state index in [0.29, 0.717) is 23.1 Å². The van der Waals surface area contributed by atoms with Crippen LogP contribution in [0.3, 0.4) is 0 Å². The fourth-order valence-corrected chi connectivity index (χ4v) is 4.63. The molecule has 0 bridgehead atoms. The van der Waals surface area contributed by atoms with Gasteiger partial charge in [0.05, 0.1) is 6.04 Å². The van der Waals surface area contributed by atoms with E-state index in [1.807, 2.05) is 0 Å². The zero-order valence-electron chi connectivity index (χ0n) is 22.4. The molecule has 2 heterocycles. The Morgan fingerprint density at radius 3 is 2.41 bits per heavy atom. The molecule has 0 saturated carbocycles. The standard InChI is InChI=1S/C27H20F7N7O3/c1-41-25(26(29,30)31)39-22(40-41)15-3-5-16-14(9-15)4-7-18(16)38-24(43)20-10-19(36-12-37-20)23(42)35-11-13-2-6-17(28)21(8-13)44-27(32,33)34/h2-3,5-6,8-10,12,18H,4,7,11H2,1H3,(H,35,42)(H,38,43)/t18-/m0/s1.